The van der Waals surface area contributed by atoms with Gasteiger partial charge in [-0.25, -0.2) is 0 Å². The number of Topliss-reactive ketones (excluding diaryl/α,β-unsaturated/α-hetero) is 2. The molecule has 0 N–H and O–H groups in total. The van der Waals surface area contributed by atoms with Crippen LogP contribution in [0, 0.1) is 6.92 Å². The molecule has 0 radical (unpaired) electrons. The Morgan fingerprint density at radius 1 is 0.880 bits per heavy atom. The SMILES string of the molecule is CC(=O)Cc1cccc(CC(=O)c2ccc(C)c(-n3cccc3)c2)c1. The lowest BCUT2D eigenvalue weighted by Crippen LogP contribution is -2.06. The van der Waals surface area contributed by atoms with E-state index in [4.69, 9.17) is 0 Å². The van der Waals surface area contributed by atoms with Gasteiger partial charge in [-0.05, 0) is 48.7 Å². The molecular formula is C22H21NO2. The van der Waals surface area contributed by atoms with Crippen LogP contribution in [-0.2, 0) is 17.6 Å². The van der Waals surface area contributed by atoms with Gasteiger partial charge in [0.15, 0.2) is 5.78 Å². The van der Waals surface area contributed by atoms with E-state index in [1.54, 1.807) is 6.92 Å². The second-order valence-electron chi connectivity index (χ2n) is 6.39. The zero-order chi connectivity index (χ0) is 17.8. The number of nitrogens with zero attached hydrogens (tertiary/aromatic N) is 1. The van der Waals surface area contributed by atoms with Gasteiger partial charge in [-0.3, -0.25) is 9.59 Å². The van der Waals surface area contributed by atoms with Crippen LogP contribution >= 0.6 is 0 Å². The number of aromatic nitrogens is 1. The molecule has 0 aliphatic rings. The summed E-state index contributed by atoms with van der Waals surface area (Å²) in [5, 5.41) is 0. The first-order valence-corrected chi connectivity index (χ1v) is 8.37. The summed E-state index contributed by atoms with van der Waals surface area (Å²) in [6, 6.07) is 17.4. The van der Waals surface area contributed by atoms with Gasteiger partial charge < -0.3 is 4.57 Å². The van der Waals surface area contributed by atoms with Gasteiger partial charge in [-0.2, -0.15) is 0 Å². The molecule has 0 aliphatic heterocycles. The fourth-order valence-corrected chi connectivity index (χ4v) is 2.98. The van der Waals surface area contributed by atoms with Crippen molar-refractivity contribution in [2.24, 2.45) is 0 Å². The van der Waals surface area contributed by atoms with Crippen LogP contribution in [-0.4, -0.2) is 16.1 Å². The van der Waals surface area contributed by atoms with Crippen LogP contribution in [0.2, 0.25) is 0 Å². The molecule has 3 rings (SSSR count). The van der Waals surface area contributed by atoms with Crippen LogP contribution in [0.3, 0.4) is 0 Å². The van der Waals surface area contributed by atoms with E-state index in [-0.39, 0.29) is 11.6 Å². The van der Waals surface area contributed by atoms with Crippen LogP contribution in [0.5, 0.6) is 0 Å². The van der Waals surface area contributed by atoms with Crippen molar-refractivity contribution in [2.45, 2.75) is 26.7 Å². The van der Waals surface area contributed by atoms with E-state index in [2.05, 4.69) is 0 Å². The molecule has 0 aliphatic carbocycles. The molecule has 0 unspecified atom stereocenters. The van der Waals surface area contributed by atoms with Gasteiger partial charge in [0.25, 0.3) is 0 Å². The highest BCUT2D eigenvalue weighted by molar-refractivity contribution is 5.98. The van der Waals surface area contributed by atoms with Crippen molar-refractivity contribution >= 4 is 11.6 Å². The molecule has 25 heavy (non-hydrogen) atoms. The Morgan fingerprint density at radius 2 is 1.56 bits per heavy atom. The summed E-state index contributed by atoms with van der Waals surface area (Å²) < 4.78 is 2.01. The number of rotatable bonds is 6. The minimum absolute atomic E-state index is 0.0772. The molecule has 0 spiro atoms. The highest BCUT2D eigenvalue weighted by atomic mass is 16.1. The molecule has 1 aromatic heterocycles. The van der Waals surface area contributed by atoms with Gasteiger partial charge in [0.1, 0.15) is 5.78 Å². The first kappa shape index (κ1) is 16.9. The fraction of sp³-hybridized carbons (Fsp3) is 0.182. The minimum Gasteiger partial charge on any atom is -0.324 e. The van der Waals surface area contributed by atoms with E-state index in [0.717, 1.165) is 22.4 Å². The van der Waals surface area contributed by atoms with Crippen molar-refractivity contribution in [3.05, 3.63) is 89.2 Å². The van der Waals surface area contributed by atoms with Crippen LogP contribution < -0.4 is 0 Å². The Bertz CT molecular complexity index is 908. The third-order valence-corrected chi connectivity index (χ3v) is 4.22. The van der Waals surface area contributed by atoms with E-state index in [1.165, 1.54) is 0 Å². The Kier molecular flexibility index (Phi) is 4.94. The van der Waals surface area contributed by atoms with Crippen molar-refractivity contribution < 1.29 is 9.59 Å². The standard InChI is InChI=1S/C22H21NO2/c1-16-8-9-20(15-21(16)23-10-3-4-11-23)22(25)14-19-7-5-6-18(13-19)12-17(2)24/h3-11,13,15H,12,14H2,1-2H3. The third kappa shape index (κ3) is 4.13. The van der Waals surface area contributed by atoms with Gasteiger partial charge >= 0.3 is 0 Å². The first-order valence-electron chi connectivity index (χ1n) is 8.37. The molecule has 0 saturated heterocycles. The van der Waals surface area contributed by atoms with Crippen molar-refractivity contribution in [1.29, 1.82) is 0 Å². The zero-order valence-electron chi connectivity index (χ0n) is 14.5. The van der Waals surface area contributed by atoms with Gasteiger partial charge in [0.2, 0.25) is 0 Å². The van der Waals surface area contributed by atoms with Crippen molar-refractivity contribution in [3.8, 4) is 5.69 Å². The second-order valence-corrected chi connectivity index (χ2v) is 6.39. The summed E-state index contributed by atoms with van der Waals surface area (Å²) in [7, 11) is 0. The third-order valence-electron chi connectivity index (χ3n) is 4.22. The first-order chi connectivity index (χ1) is 12.0. The molecule has 1 heterocycles. The van der Waals surface area contributed by atoms with E-state index in [9.17, 15) is 9.59 Å². The Labute approximate surface area is 147 Å². The highest BCUT2D eigenvalue weighted by Crippen LogP contribution is 2.18. The topological polar surface area (TPSA) is 39.1 Å². The zero-order valence-corrected chi connectivity index (χ0v) is 14.5. The Balaban J connectivity index is 1.82. The molecule has 0 saturated carbocycles. The maximum atomic E-state index is 12.7. The van der Waals surface area contributed by atoms with Gasteiger partial charge in [0.05, 0.1) is 0 Å². The number of hydrogen-bond donors (Lipinski definition) is 0. The number of carbonyl (C=O) groups excluding carboxylic acids is 2. The minimum atomic E-state index is 0.0772. The molecule has 0 bridgehead atoms. The van der Waals surface area contributed by atoms with Crippen molar-refractivity contribution in [3.63, 3.8) is 0 Å². The van der Waals surface area contributed by atoms with Crippen LogP contribution in [0.25, 0.3) is 5.69 Å². The maximum absolute atomic E-state index is 12.7. The predicted octanol–water partition coefficient (Wildman–Crippen LogP) is 4.34. The van der Waals surface area contributed by atoms with E-state index < -0.39 is 0 Å². The maximum Gasteiger partial charge on any atom is 0.167 e. The molecule has 126 valence electrons. The van der Waals surface area contributed by atoms with Crippen LogP contribution in [0.15, 0.2) is 67.0 Å². The Morgan fingerprint density at radius 3 is 2.24 bits per heavy atom. The number of hydrogen-bond acceptors (Lipinski definition) is 2. The molecular weight excluding hydrogens is 310 g/mol. The van der Waals surface area contributed by atoms with Gasteiger partial charge in [-0.15, -0.1) is 0 Å². The largest absolute Gasteiger partial charge is 0.324 e. The highest BCUT2D eigenvalue weighted by Gasteiger charge is 2.11. The summed E-state index contributed by atoms with van der Waals surface area (Å²) in [4.78, 5) is 24.0. The number of carbonyl (C=O) groups is 2. The van der Waals surface area contributed by atoms with Crippen LogP contribution in [0.1, 0.15) is 34.0 Å². The lowest BCUT2D eigenvalue weighted by Gasteiger charge is -2.10. The summed E-state index contributed by atoms with van der Waals surface area (Å²) >= 11 is 0. The molecule has 3 aromatic rings. The summed E-state index contributed by atoms with van der Waals surface area (Å²) in [6.45, 7) is 3.61. The lowest BCUT2D eigenvalue weighted by molar-refractivity contribution is -0.116. The van der Waals surface area contributed by atoms with Gasteiger partial charge in [0, 0.05) is 36.5 Å². The monoisotopic (exact) mass is 331 g/mol. The summed E-state index contributed by atoms with van der Waals surface area (Å²) in [5.74, 6) is 0.201. The average Bonchev–Trinajstić information content (AvgIpc) is 3.09. The van der Waals surface area contributed by atoms with Crippen LogP contribution in [0.4, 0.5) is 0 Å². The van der Waals surface area contributed by atoms with Crippen molar-refractivity contribution in [2.75, 3.05) is 0 Å². The quantitative estimate of drug-likeness (QED) is 0.630. The smallest absolute Gasteiger partial charge is 0.167 e. The molecule has 2 aromatic carbocycles. The molecule has 0 atom stereocenters. The summed E-state index contributed by atoms with van der Waals surface area (Å²) in [5.41, 5.74) is 4.73. The van der Waals surface area contributed by atoms with E-state index >= 15 is 0 Å². The lowest BCUT2D eigenvalue weighted by atomic mass is 9.98. The van der Waals surface area contributed by atoms with Gasteiger partial charge in [-0.1, -0.05) is 36.4 Å². The number of benzene rings is 2. The fourth-order valence-electron chi connectivity index (χ4n) is 2.98. The van der Waals surface area contributed by atoms with E-state index in [1.807, 2.05) is 78.5 Å². The number of aryl methyl sites for hydroxylation is 1. The summed E-state index contributed by atoms with van der Waals surface area (Å²) in [6.07, 6.45) is 4.69. The number of ketones is 2. The average molecular weight is 331 g/mol. The predicted molar refractivity (Wildman–Crippen MR) is 99.4 cm³/mol. The Hall–Kier alpha value is -2.94. The van der Waals surface area contributed by atoms with Crippen molar-refractivity contribution in [1.82, 2.24) is 4.57 Å². The molecule has 0 amide bonds. The molecule has 3 nitrogen and oxygen atoms in total. The molecule has 0 fully saturated rings. The second kappa shape index (κ2) is 7.31. The molecule has 3 heteroatoms. The normalized spacial score (nSPS) is 10.6. The van der Waals surface area contributed by atoms with E-state index in [0.29, 0.717) is 18.4 Å².